The van der Waals surface area contributed by atoms with Crippen molar-refractivity contribution in [3.05, 3.63) is 22.2 Å². The summed E-state index contributed by atoms with van der Waals surface area (Å²) in [5, 5.41) is 0.363. The van der Waals surface area contributed by atoms with E-state index in [9.17, 15) is 8.42 Å². The smallest absolute Gasteiger partial charge is 0.257 e. The van der Waals surface area contributed by atoms with Crippen LogP contribution in [0.25, 0.3) is 0 Å². The fraction of sp³-hybridized carbons (Fsp3) is 0.400. The van der Waals surface area contributed by atoms with E-state index in [1.807, 2.05) is 0 Å². The predicted molar refractivity (Wildman–Crippen MR) is 74.4 cm³/mol. The Morgan fingerprint density at radius 1 is 1.33 bits per heavy atom. The SMILES string of the molecule is CCCS(=O)(=O)N(OC)c1cc(Cl)c(N)cc1Cl. The van der Waals surface area contributed by atoms with E-state index in [2.05, 4.69) is 0 Å². The number of nitrogens with two attached hydrogens (primary N) is 1. The molecule has 0 amide bonds. The molecule has 0 atom stereocenters. The van der Waals surface area contributed by atoms with Crippen LogP contribution in [-0.2, 0) is 14.9 Å². The van der Waals surface area contributed by atoms with Gasteiger partial charge in [-0.05, 0) is 18.6 Å². The Morgan fingerprint density at radius 3 is 2.44 bits per heavy atom. The number of halogens is 2. The summed E-state index contributed by atoms with van der Waals surface area (Å²) in [4.78, 5) is 4.89. The first-order valence-corrected chi connectivity index (χ1v) is 7.51. The number of hydrogen-bond donors (Lipinski definition) is 1. The second-order valence-corrected chi connectivity index (χ2v) is 6.27. The van der Waals surface area contributed by atoms with Crippen molar-refractivity contribution in [2.45, 2.75) is 13.3 Å². The second-order valence-electron chi connectivity index (χ2n) is 3.55. The molecule has 0 fully saturated rings. The summed E-state index contributed by atoms with van der Waals surface area (Å²) >= 11 is 11.8. The molecular formula is C10H14Cl2N2O3S. The summed E-state index contributed by atoms with van der Waals surface area (Å²) in [6.45, 7) is 1.75. The lowest BCUT2D eigenvalue weighted by molar-refractivity contribution is 0.216. The molecule has 0 aliphatic rings. The second kappa shape index (κ2) is 5.97. The molecule has 1 aromatic carbocycles. The van der Waals surface area contributed by atoms with Gasteiger partial charge in [0, 0.05) is 0 Å². The molecular weight excluding hydrogens is 299 g/mol. The topological polar surface area (TPSA) is 72.6 Å². The average molecular weight is 313 g/mol. The molecule has 18 heavy (non-hydrogen) atoms. The summed E-state index contributed by atoms with van der Waals surface area (Å²) in [5.41, 5.74) is 5.99. The van der Waals surface area contributed by atoms with Crippen molar-refractivity contribution in [1.82, 2.24) is 0 Å². The Bertz CT molecular complexity index is 534. The molecule has 0 aromatic heterocycles. The Labute approximate surface area is 116 Å². The van der Waals surface area contributed by atoms with E-state index < -0.39 is 10.0 Å². The van der Waals surface area contributed by atoms with Crippen LogP contribution in [0.5, 0.6) is 0 Å². The van der Waals surface area contributed by atoms with Gasteiger partial charge in [-0.3, -0.25) is 4.84 Å². The van der Waals surface area contributed by atoms with E-state index in [-0.39, 0.29) is 27.2 Å². The van der Waals surface area contributed by atoms with Crippen molar-refractivity contribution in [1.29, 1.82) is 0 Å². The molecule has 0 radical (unpaired) electrons. The number of nitrogen functional groups attached to an aromatic ring is 1. The molecule has 2 N–H and O–H groups in total. The van der Waals surface area contributed by atoms with Crippen LogP contribution in [0.2, 0.25) is 10.0 Å². The van der Waals surface area contributed by atoms with Gasteiger partial charge in [0.25, 0.3) is 10.0 Å². The maximum Gasteiger partial charge on any atom is 0.257 e. The fourth-order valence-corrected chi connectivity index (χ4v) is 3.21. The maximum atomic E-state index is 12.0. The molecule has 1 aromatic rings. The first-order chi connectivity index (χ1) is 8.33. The lowest BCUT2D eigenvalue weighted by atomic mass is 10.3. The van der Waals surface area contributed by atoms with E-state index in [0.717, 1.165) is 4.47 Å². The molecule has 102 valence electrons. The lowest BCUT2D eigenvalue weighted by Gasteiger charge is -2.22. The van der Waals surface area contributed by atoms with E-state index >= 15 is 0 Å². The van der Waals surface area contributed by atoms with E-state index in [1.54, 1.807) is 6.92 Å². The lowest BCUT2D eigenvalue weighted by Crippen LogP contribution is -2.32. The van der Waals surface area contributed by atoms with Gasteiger partial charge in [0.1, 0.15) is 5.69 Å². The number of anilines is 2. The van der Waals surface area contributed by atoms with Crippen molar-refractivity contribution in [3.8, 4) is 0 Å². The highest BCUT2D eigenvalue weighted by atomic mass is 35.5. The van der Waals surface area contributed by atoms with Crippen LogP contribution < -0.4 is 10.2 Å². The predicted octanol–water partition coefficient (Wildman–Crippen LogP) is 2.68. The fourth-order valence-electron chi connectivity index (χ4n) is 1.39. The number of benzene rings is 1. The van der Waals surface area contributed by atoms with Gasteiger partial charge in [-0.1, -0.05) is 30.1 Å². The van der Waals surface area contributed by atoms with Crippen LogP contribution in [0, 0.1) is 0 Å². The van der Waals surface area contributed by atoms with Gasteiger partial charge in [-0.2, -0.15) is 0 Å². The van der Waals surface area contributed by atoms with Gasteiger partial charge in [-0.15, -0.1) is 4.47 Å². The van der Waals surface area contributed by atoms with Crippen LogP contribution in [0.4, 0.5) is 11.4 Å². The monoisotopic (exact) mass is 312 g/mol. The zero-order valence-electron chi connectivity index (χ0n) is 9.98. The van der Waals surface area contributed by atoms with Crippen molar-refractivity contribution in [3.63, 3.8) is 0 Å². The molecule has 0 unspecified atom stereocenters. The minimum Gasteiger partial charge on any atom is -0.397 e. The summed E-state index contributed by atoms with van der Waals surface area (Å²) in [6.07, 6.45) is 0.461. The standard InChI is InChI=1S/C10H14Cl2N2O3S/c1-3-4-18(15,16)14(17-2)10-6-7(11)9(13)5-8(10)12/h5-6H,3-4,13H2,1-2H3. The Kier molecular flexibility index (Phi) is 5.10. The zero-order chi connectivity index (χ0) is 13.9. The molecule has 0 aliphatic heterocycles. The van der Waals surface area contributed by atoms with Crippen molar-refractivity contribution < 1.29 is 13.3 Å². The molecule has 5 nitrogen and oxygen atoms in total. The minimum atomic E-state index is -3.60. The molecule has 8 heteroatoms. The highest BCUT2D eigenvalue weighted by molar-refractivity contribution is 7.92. The van der Waals surface area contributed by atoms with Gasteiger partial charge in [0.15, 0.2) is 0 Å². The number of sulfonamides is 1. The molecule has 0 heterocycles. The first-order valence-electron chi connectivity index (χ1n) is 5.15. The summed E-state index contributed by atoms with van der Waals surface area (Å²) in [5.74, 6) is -0.0564. The normalized spacial score (nSPS) is 11.6. The first kappa shape index (κ1) is 15.4. The highest BCUT2D eigenvalue weighted by Gasteiger charge is 2.24. The molecule has 0 saturated carbocycles. The Hall–Kier alpha value is -0.690. The molecule has 0 aliphatic carbocycles. The zero-order valence-corrected chi connectivity index (χ0v) is 12.3. The summed E-state index contributed by atoms with van der Waals surface area (Å²) in [6, 6.07) is 2.74. The number of hydrogen-bond acceptors (Lipinski definition) is 4. The quantitative estimate of drug-likeness (QED) is 0.670. The van der Waals surface area contributed by atoms with Crippen LogP contribution >= 0.6 is 23.2 Å². The van der Waals surface area contributed by atoms with Crippen molar-refractivity contribution in [2.24, 2.45) is 0 Å². The van der Waals surface area contributed by atoms with Crippen LogP contribution in [0.15, 0.2) is 12.1 Å². The molecule has 0 saturated heterocycles. The average Bonchev–Trinajstić information content (AvgIpc) is 2.25. The van der Waals surface area contributed by atoms with Gasteiger partial charge < -0.3 is 5.73 Å². The van der Waals surface area contributed by atoms with Crippen LogP contribution in [0.1, 0.15) is 13.3 Å². The highest BCUT2D eigenvalue weighted by Crippen LogP contribution is 2.34. The Morgan fingerprint density at radius 2 is 1.94 bits per heavy atom. The third-order valence-electron chi connectivity index (χ3n) is 2.14. The third kappa shape index (κ3) is 3.20. The van der Waals surface area contributed by atoms with Crippen molar-refractivity contribution >= 4 is 44.6 Å². The van der Waals surface area contributed by atoms with Gasteiger partial charge in [0.2, 0.25) is 0 Å². The number of rotatable bonds is 5. The largest absolute Gasteiger partial charge is 0.397 e. The van der Waals surface area contributed by atoms with E-state index in [1.165, 1.54) is 19.2 Å². The van der Waals surface area contributed by atoms with Crippen LogP contribution in [0.3, 0.4) is 0 Å². The van der Waals surface area contributed by atoms with Gasteiger partial charge in [-0.25, -0.2) is 8.42 Å². The van der Waals surface area contributed by atoms with E-state index in [4.69, 9.17) is 33.8 Å². The molecule has 1 rings (SSSR count). The van der Waals surface area contributed by atoms with E-state index in [0.29, 0.717) is 6.42 Å². The van der Waals surface area contributed by atoms with Crippen LogP contribution in [-0.4, -0.2) is 21.3 Å². The van der Waals surface area contributed by atoms with Gasteiger partial charge in [0.05, 0.1) is 28.6 Å². The minimum absolute atomic E-state index is 0.0564. The maximum absolute atomic E-state index is 12.0. The molecule has 0 spiro atoms. The van der Waals surface area contributed by atoms with Gasteiger partial charge >= 0.3 is 0 Å². The third-order valence-corrected chi connectivity index (χ3v) is 4.55. The summed E-state index contributed by atoms with van der Waals surface area (Å²) in [7, 11) is -2.36. The number of nitrogens with zero attached hydrogens (tertiary/aromatic N) is 1. The molecule has 0 bridgehead atoms. The Balaban J connectivity index is 3.30. The van der Waals surface area contributed by atoms with Crippen molar-refractivity contribution in [2.75, 3.05) is 23.1 Å². The summed E-state index contributed by atoms with van der Waals surface area (Å²) < 4.78 is 24.7.